The van der Waals surface area contributed by atoms with Crippen molar-refractivity contribution in [3.63, 3.8) is 0 Å². The van der Waals surface area contributed by atoms with E-state index in [1.54, 1.807) is 66.7 Å². The van der Waals surface area contributed by atoms with Gasteiger partial charge in [-0.3, -0.25) is 4.79 Å². The van der Waals surface area contributed by atoms with Crippen LogP contribution in [0.5, 0.6) is 17.2 Å². The molecule has 8 heteroatoms. The van der Waals surface area contributed by atoms with E-state index in [4.69, 9.17) is 14.2 Å². The van der Waals surface area contributed by atoms with E-state index in [2.05, 4.69) is 26.5 Å². The maximum atomic E-state index is 12.6. The molecule has 0 heterocycles. The minimum Gasteiger partial charge on any atom is -0.494 e. The summed E-state index contributed by atoms with van der Waals surface area (Å²) in [5, 5.41) is 4.01. The molecular formula is C26H25BrN2O5. The number of hydrogen-bond acceptors (Lipinski definition) is 6. The first kappa shape index (κ1) is 25.0. The number of carbonyl (C=O) groups is 2. The van der Waals surface area contributed by atoms with Gasteiger partial charge in [-0.05, 0) is 80.1 Å². The van der Waals surface area contributed by atoms with Gasteiger partial charge in [0.05, 0.1) is 25.0 Å². The van der Waals surface area contributed by atoms with Gasteiger partial charge in [0.1, 0.15) is 17.2 Å². The summed E-state index contributed by atoms with van der Waals surface area (Å²) in [7, 11) is 0. The van der Waals surface area contributed by atoms with Crippen molar-refractivity contribution in [2.45, 2.75) is 20.3 Å². The molecule has 3 aromatic carbocycles. The van der Waals surface area contributed by atoms with Gasteiger partial charge in [0.15, 0.2) is 0 Å². The topological polar surface area (TPSA) is 86.2 Å². The Bertz CT molecular complexity index is 1140. The van der Waals surface area contributed by atoms with Crippen LogP contribution < -0.4 is 19.6 Å². The van der Waals surface area contributed by atoms with Gasteiger partial charge < -0.3 is 14.2 Å². The van der Waals surface area contributed by atoms with Crippen LogP contribution in [0.25, 0.3) is 0 Å². The molecule has 3 aromatic rings. The third kappa shape index (κ3) is 7.18. The van der Waals surface area contributed by atoms with Crippen molar-refractivity contribution in [1.29, 1.82) is 0 Å². The smallest absolute Gasteiger partial charge is 0.343 e. The number of amides is 1. The quantitative estimate of drug-likeness (QED) is 0.161. The Hall–Kier alpha value is -3.65. The molecule has 0 spiro atoms. The van der Waals surface area contributed by atoms with Crippen molar-refractivity contribution in [2.75, 3.05) is 13.2 Å². The van der Waals surface area contributed by atoms with Gasteiger partial charge in [-0.15, -0.1) is 0 Å². The van der Waals surface area contributed by atoms with E-state index in [0.717, 1.165) is 10.9 Å². The number of nitrogens with one attached hydrogen (secondary N) is 1. The van der Waals surface area contributed by atoms with Gasteiger partial charge in [-0.1, -0.05) is 22.9 Å². The molecule has 0 aliphatic rings. The predicted octanol–water partition coefficient (Wildman–Crippen LogP) is 5.62. The number of ether oxygens (including phenoxy) is 3. The lowest BCUT2D eigenvalue weighted by Gasteiger charge is -2.09. The fourth-order valence-electron chi connectivity index (χ4n) is 2.87. The SMILES string of the molecule is CCCOc1ccc(C(=O)Oc2ccc(Br)cc2/C=N\NC(=O)c2ccc(OCC)cc2)cc1. The summed E-state index contributed by atoms with van der Waals surface area (Å²) >= 11 is 3.40. The van der Waals surface area contributed by atoms with E-state index in [0.29, 0.717) is 47.2 Å². The number of rotatable bonds is 10. The van der Waals surface area contributed by atoms with Crippen molar-refractivity contribution < 1.29 is 23.8 Å². The second kappa shape index (κ2) is 12.6. The number of benzene rings is 3. The molecule has 0 aliphatic heterocycles. The summed E-state index contributed by atoms with van der Waals surface area (Å²) in [6.07, 6.45) is 2.32. The number of carbonyl (C=O) groups excluding carboxylic acids is 2. The number of esters is 1. The maximum Gasteiger partial charge on any atom is 0.343 e. The first-order valence-electron chi connectivity index (χ1n) is 10.8. The van der Waals surface area contributed by atoms with Gasteiger partial charge in [-0.2, -0.15) is 5.10 Å². The lowest BCUT2D eigenvalue weighted by atomic mass is 10.2. The summed E-state index contributed by atoms with van der Waals surface area (Å²) in [5.74, 6) is 0.790. The van der Waals surface area contributed by atoms with Crippen LogP contribution in [0.4, 0.5) is 0 Å². The van der Waals surface area contributed by atoms with Gasteiger partial charge in [0.25, 0.3) is 5.91 Å². The van der Waals surface area contributed by atoms with Gasteiger partial charge >= 0.3 is 5.97 Å². The molecule has 34 heavy (non-hydrogen) atoms. The van der Waals surface area contributed by atoms with Crippen LogP contribution in [-0.2, 0) is 0 Å². The molecule has 0 saturated heterocycles. The third-order valence-electron chi connectivity index (χ3n) is 4.53. The molecule has 0 fully saturated rings. The maximum absolute atomic E-state index is 12.6. The molecule has 0 saturated carbocycles. The molecule has 7 nitrogen and oxygen atoms in total. The molecular weight excluding hydrogens is 500 g/mol. The van der Waals surface area contributed by atoms with Crippen LogP contribution in [0, 0.1) is 0 Å². The number of halogens is 1. The van der Waals surface area contributed by atoms with Crippen molar-refractivity contribution >= 4 is 34.0 Å². The van der Waals surface area contributed by atoms with Crippen molar-refractivity contribution in [3.8, 4) is 17.2 Å². The van der Waals surface area contributed by atoms with Crippen molar-refractivity contribution in [3.05, 3.63) is 87.9 Å². The van der Waals surface area contributed by atoms with Gasteiger partial charge in [0.2, 0.25) is 0 Å². The summed E-state index contributed by atoms with van der Waals surface area (Å²) in [4.78, 5) is 25.0. The van der Waals surface area contributed by atoms with Crippen LogP contribution in [0.15, 0.2) is 76.3 Å². The fourth-order valence-corrected chi connectivity index (χ4v) is 3.25. The third-order valence-corrected chi connectivity index (χ3v) is 5.03. The minimum atomic E-state index is -0.516. The monoisotopic (exact) mass is 524 g/mol. The Kier molecular flexibility index (Phi) is 9.22. The average Bonchev–Trinajstić information content (AvgIpc) is 2.85. The number of hydrogen-bond donors (Lipinski definition) is 1. The Labute approximate surface area is 206 Å². The normalized spacial score (nSPS) is 10.7. The highest BCUT2D eigenvalue weighted by atomic mass is 79.9. The predicted molar refractivity (Wildman–Crippen MR) is 134 cm³/mol. The highest BCUT2D eigenvalue weighted by molar-refractivity contribution is 9.10. The summed E-state index contributed by atoms with van der Waals surface area (Å²) in [5.41, 5.74) is 3.81. The Morgan fingerprint density at radius 2 is 1.56 bits per heavy atom. The zero-order chi connectivity index (χ0) is 24.3. The highest BCUT2D eigenvalue weighted by Gasteiger charge is 2.12. The summed E-state index contributed by atoms with van der Waals surface area (Å²) < 4.78 is 17.2. The Balaban J connectivity index is 1.66. The minimum absolute atomic E-state index is 0.304. The van der Waals surface area contributed by atoms with Crippen LogP contribution in [0.2, 0.25) is 0 Å². The molecule has 1 amide bonds. The molecule has 0 unspecified atom stereocenters. The van der Waals surface area contributed by atoms with Crippen LogP contribution in [0.3, 0.4) is 0 Å². The van der Waals surface area contributed by atoms with Crippen molar-refractivity contribution in [2.24, 2.45) is 5.10 Å². The lowest BCUT2D eigenvalue weighted by Crippen LogP contribution is -2.17. The number of nitrogens with zero attached hydrogens (tertiary/aromatic N) is 1. The van der Waals surface area contributed by atoms with E-state index in [9.17, 15) is 9.59 Å². The van der Waals surface area contributed by atoms with Gasteiger partial charge in [-0.25, -0.2) is 10.2 Å². The second-order valence-corrected chi connectivity index (χ2v) is 8.02. The first-order valence-corrected chi connectivity index (χ1v) is 11.6. The van der Waals surface area contributed by atoms with E-state index < -0.39 is 5.97 Å². The molecule has 0 radical (unpaired) electrons. The number of hydrazone groups is 1. The van der Waals surface area contributed by atoms with E-state index in [1.165, 1.54) is 6.21 Å². The van der Waals surface area contributed by atoms with Crippen molar-refractivity contribution in [1.82, 2.24) is 5.43 Å². The standard InChI is InChI=1S/C26H25BrN2O5/c1-3-15-33-23-12-7-19(8-13-23)26(31)34-24-14-9-21(27)16-20(24)17-28-29-25(30)18-5-10-22(11-6-18)32-4-2/h5-14,16-17H,3-4,15H2,1-2H3,(H,29,30)/b28-17-. The first-order chi connectivity index (χ1) is 16.5. The zero-order valence-corrected chi connectivity index (χ0v) is 20.5. The lowest BCUT2D eigenvalue weighted by molar-refractivity contribution is 0.0734. The summed E-state index contributed by atoms with van der Waals surface area (Å²) in [6, 6.07) is 18.6. The molecule has 0 aromatic heterocycles. The molecule has 1 N–H and O–H groups in total. The largest absolute Gasteiger partial charge is 0.494 e. The summed E-state index contributed by atoms with van der Waals surface area (Å²) in [6.45, 7) is 5.08. The molecule has 0 bridgehead atoms. The van der Waals surface area contributed by atoms with E-state index >= 15 is 0 Å². The highest BCUT2D eigenvalue weighted by Crippen LogP contribution is 2.23. The van der Waals surface area contributed by atoms with Crippen LogP contribution >= 0.6 is 15.9 Å². The Morgan fingerprint density at radius 1 is 0.912 bits per heavy atom. The van der Waals surface area contributed by atoms with E-state index in [-0.39, 0.29) is 5.91 Å². The van der Waals surface area contributed by atoms with Gasteiger partial charge in [0, 0.05) is 15.6 Å². The zero-order valence-electron chi connectivity index (χ0n) is 18.9. The molecule has 176 valence electrons. The Morgan fingerprint density at radius 3 is 2.21 bits per heavy atom. The fraction of sp³-hybridized carbons (Fsp3) is 0.192. The molecule has 0 atom stereocenters. The molecule has 3 rings (SSSR count). The second-order valence-electron chi connectivity index (χ2n) is 7.10. The average molecular weight is 525 g/mol. The van der Waals surface area contributed by atoms with Crippen LogP contribution in [0.1, 0.15) is 46.5 Å². The van der Waals surface area contributed by atoms with E-state index in [1.807, 2.05) is 13.8 Å². The molecule has 0 aliphatic carbocycles. The van der Waals surface area contributed by atoms with Crippen LogP contribution in [-0.4, -0.2) is 31.3 Å².